The summed E-state index contributed by atoms with van der Waals surface area (Å²) in [6.45, 7) is 0. The van der Waals surface area contributed by atoms with E-state index in [4.69, 9.17) is 5.11 Å². The minimum Gasteiger partial charge on any atom is -0.477 e. The van der Waals surface area contributed by atoms with Gasteiger partial charge in [-0.1, -0.05) is 3.89 Å². The Hall–Kier alpha value is -2.02. The van der Waals surface area contributed by atoms with Gasteiger partial charge in [-0.15, -0.1) is 0 Å². The lowest BCUT2D eigenvalue weighted by Gasteiger charge is -2.39. The van der Waals surface area contributed by atoms with Gasteiger partial charge >= 0.3 is 58.0 Å². The summed E-state index contributed by atoms with van der Waals surface area (Å²) in [5.74, 6) is -56.4. The van der Waals surface area contributed by atoms with Crippen molar-refractivity contribution in [1.82, 2.24) is 0 Å². The van der Waals surface area contributed by atoms with E-state index in [9.17, 15) is 74.6 Å². The van der Waals surface area contributed by atoms with Gasteiger partial charge in [0.15, 0.2) is 0 Å². The number of carbonyl (C=O) groups is 2. The second-order valence-electron chi connectivity index (χ2n) is 4.52. The van der Waals surface area contributed by atoms with Crippen molar-refractivity contribution in [3.8, 4) is 0 Å². The monoisotopic (exact) mass is 472 g/mol. The molecule has 1 N–H and O–H groups in total. The number of rotatable bonds is 8. The summed E-state index contributed by atoms with van der Waals surface area (Å²) in [6.07, 6.45) is 0. The molecule has 0 atom stereocenters. The molecule has 0 radical (unpaired) electrons. The molecule has 0 amide bonds. The maximum Gasteiger partial charge on any atom is 0.491 e. The van der Waals surface area contributed by atoms with Crippen LogP contribution in [-0.4, -0.2) is 61.0 Å². The molecule has 0 heterocycles. The maximum absolute atomic E-state index is 13.1. The van der Waals surface area contributed by atoms with Crippen LogP contribution in [0.3, 0.4) is 0 Å². The third-order valence-corrected chi connectivity index (χ3v) is 3.02. The van der Waals surface area contributed by atoms with E-state index >= 15 is 0 Å². The number of carboxylic acid groups (broad SMARTS) is 1. The highest BCUT2D eigenvalue weighted by atomic mass is 32.3. The molecule has 0 saturated heterocycles. The van der Waals surface area contributed by atoms with E-state index < -0.39 is 58.0 Å². The molecule has 0 aromatic rings. The molecule has 0 aliphatic carbocycles. The predicted molar refractivity (Wildman–Crippen MR) is 53.4 cm³/mol. The van der Waals surface area contributed by atoms with Crippen molar-refractivity contribution in [1.29, 1.82) is 0 Å². The minimum absolute atomic E-state index is 1.92. The standard InChI is InChI=1S/C8HF13O6S/c9-3(10,1(22)23)5(13,14)7(17,18)8(19,20)6(15,16)4(11,12)2(24)27-28(21,25)26/h(H,22,23). The highest BCUT2D eigenvalue weighted by molar-refractivity contribution is 7.81. The van der Waals surface area contributed by atoms with Gasteiger partial charge in [-0.25, -0.2) is 9.59 Å². The Bertz CT molecular complexity index is 757. The molecule has 0 aliphatic heterocycles. The van der Waals surface area contributed by atoms with E-state index in [1.54, 1.807) is 0 Å². The summed E-state index contributed by atoms with van der Waals surface area (Å²) in [4.78, 5) is 20.2. The number of hydrogen-bond donors (Lipinski definition) is 1. The van der Waals surface area contributed by atoms with Crippen molar-refractivity contribution < 1.29 is 83.9 Å². The lowest BCUT2D eigenvalue weighted by Crippen LogP contribution is -2.72. The first-order valence-corrected chi connectivity index (χ1v) is 6.82. The Labute approximate surface area is 143 Å². The predicted octanol–water partition coefficient (Wildman–Crippen LogP) is 2.64. The Balaban J connectivity index is 6.54. The zero-order valence-corrected chi connectivity index (χ0v) is 12.6. The highest BCUT2D eigenvalue weighted by Gasteiger charge is 2.92. The number of carboxylic acids is 1. The number of halogens is 13. The molecule has 20 heteroatoms. The second-order valence-corrected chi connectivity index (χ2v) is 5.47. The summed E-state index contributed by atoms with van der Waals surface area (Å²) in [7, 11) is -6.95. The van der Waals surface area contributed by atoms with Crippen molar-refractivity contribution >= 4 is 22.4 Å². The van der Waals surface area contributed by atoms with Crippen LogP contribution in [0, 0.1) is 0 Å². The second kappa shape index (κ2) is 6.51. The molecule has 0 spiro atoms. The molecule has 0 unspecified atom stereocenters. The summed E-state index contributed by atoms with van der Waals surface area (Å²) in [5.41, 5.74) is 0. The molecule has 28 heavy (non-hydrogen) atoms. The lowest BCUT2D eigenvalue weighted by molar-refractivity contribution is -0.417. The third-order valence-electron chi connectivity index (χ3n) is 2.67. The van der Waals surface area contributed by atoms with Gasteiger partial charge in [0.2, 0.25) is 0 Å². The van der Waals surface area contributed by atoms with Crippen LogP contribution >= 0.6 is 0 Å². The van der Waals surface area contributed by atoms with E-state index in [0.29, 0.717) is 0 Å². The van der Waals surface area contributed by atoms with Crippen LogP contribution < -0.4 is 0 Å². The molecule has 0 saturated carbocycles. The average Bonchev–Trinajstić information content (AvgIpc) is 2.43. The fourth-order valence-corrected chi connectivity index (χ4v) is 1.48. The average molecular weight is 472 g/mol. The fourth-order valence-electron chi connectivity index (χ4n) is 1.19. The van der Waals surface area contributed by atoms with Crippen molar-refractivity contribution in [2.24, 2.45) is 0 Å². The largest absolute Gasteiger partial charge is 0.491 e. The van der Waals surface area contributed by atoms with Crippen molar-refractivity contribution in [2.45, 2.75) is 35.5 Å². The minimum atomic E-state index is -8.37. The van der Waals surface area contributed by atoms with Crippen molar-refractivity contribution in [2.75, 3.05) is 0 Å². The summed E-state index contributed by atoms with van der Waals surface area (Å²) in [5, 5.41) is 7.66. The van der Waals surface area contributed by atoms with Gasteiger partial charge in [0.25, 0.3) is 0 Å². The quantitative estimate of drug-likeness (QED) is 0.431. The van der Waals surface area contributed by atoms with Gasteiger partial charge in [-0.05, 0) is 0 Å². The fraction of sp³-hybridized carbons (Fsp3) is 0.750. The normalized spacial score (nSPS) is 15.3. The Morgan fingerprint density at radius 3 is 1.18 bits per heavy atom. The maximum atomic E-state index is 13.1. The van der Waals surface area contributed by atoms with Crippen LogP contribution in [0.1, 0.15) is 0 Å². The third kappa shape index (κ3) is 3.52. The summed E-state index contributed by atoms with van der Waals surface area (Å²) >= 11 is 0. The Morgan fingerprint density at radius 2 is 0.929 bits per heavy atom. The molecule has 0 bridgehead atoms. The number of carbonyl (C=O) groups excluding carboxylic acids is 1. The van der Waals surface area contributed by atoms with Crippen molar-refractivity contribution in [3.05, 3.63) is 0 Å². The molecule has 0 aliphatic rings. The topological polar surface area (TPSA) is 97.7 Å². The van der Waals surface area contributed by atoms with Crippen LogP contribution in [0.5, 0.6) is 0 Å². The van der Waals surface area contributed by atoms with E-state index in [0.717, 1.165) is 0 Å². The molecule has 0 aromatic carbocycles. The van der Waals surface area contributed by atoms with E-state index in [1.807, 2.05) is 4.18 Å². The smallest absolute Gasteiger partial charge is 0.477 e. The van der Waals surface area contributed by atoms with E-state index in [-0.39, 0.29) is 0 Å². The number of hydrogen-bond acceptors (Lipinski definition) is 5. The summed E-state index contributed by atoms with van der Waals surface area (Å²) < 4.78 is 189. The van der Waals surface area contributed by atoms with Gasteiger partial charge in [0, 0.05) is 0 Å². The first-order chi connectivity index (χ1) is 11.8. The molecular formula is C8HF13O6S. The Morgan fingerprint density at radius 1 is 0.643 bits per heavy atom. The van der Waals surface area contributed by atoms with Crippen LogP contribution in [0.25, 0.3) is 0 Å². The molecule has 0 rings (SSSR count). The highest BCUT2D eigenvalue weighted by Crippen LogP contribution is 2.60. The molecule has 0 fully saturated rings. The van der Waals surface area contributed by atoms with Crippen LogP contribution in [0.2, 0.25) is 0 Å². The lowest BCUT2D eigenvalue weighted by atomic mass is 9.91. The van der Waals surface area contributed by atoms with E-state index in [1.165, 1.54) is 0 Å². The SMILES string of the molecule is O=C(O)C(F)(F)C(F)(F)C(F)(F)C(F)(F)C(F)(F)C(F)(F)C(=O)OS(=O)(=O)F. The van der Waals surface area contributed by atoms with Gasteiger partial charge in [-0.2, -0.15) is 61.1 Å². The molecular weight excluding hydrogens is 471 g/mol. The zero-order chi connectivity index (χ0) is 23.4. The first kappa shape index (κ1) is 26.0. The van der Waals surface area contributed by atoms with Gasteiger partial charge in [0.05, 0.1) is 0 Å². The first-order valence-electron chi connectivity index (χ1n) is 5.51. The van der Waals surface area contributed by atoms with Gasteiger partial charge < -0.3 is 9.29 Å². The summed E-state index contributed by atoms with van der Waals surface area (Å²) in [6, 6.07) is 0. The van der Waals surface area contributed by atoms with Crippen molar-refractivity contribution in [3.63, 3.8) is 0 Å². The van der Waals surface area contributed by atoms with Gasteiger partial charge in [0.1, 0.15) is 0 Å². The molecule has 6 nitrogen and oxygen atoms in total. The van der Waals surface area contributed by atoms with Crippen LogP contribution in [0.15, 0.2) is 0 Å². The van der Waals surface area contributed by atoms with Crippen LogP contribution in [-0.2, 0) is 24.3 Å². The van der Waals surface area contributed by atoms with E-state index in [2.05, 4.69) is 0 Å². The van der Waals surface area contributed by atoms with Gasteiger partial charge in [-0.3, -0.25) is 0 Å². The Kier molecular flexibility index (Phi) is 6.04. The molecule has 0 aromatic heterocycles. The number of alkyl halides is 12. The molecule has 166 valence electrons. The number of aliphatic carboxylic acids is 1. The van der Waals surface area contributed by atoms with Crippen LogP contribution in [0.4, 0.5) is 56.6 Å². The zero-order valence-electron chi connectivity index (χ0n) is 11.8.